The largest absolute Gasteiger partial charge is 0.376 e. The molecule has 1 amide bonds. The van der Waals surface area contributed by atoms with Gasteiger partial charge in [0.2, 0.25) is 5.95 Å². The van der Waals surface area contributed by atoms with E-state index in [4.69, 9.17) is 4.74 Å². The van der Waals surface area contributed by atoms with Gasteiger partial charge < -0.3 is 15.0 Å². The van der Waals surface area contributed by atoms with E-state index in [1.54, 1.807) is 6.20 Å². The molecule has 0 spiro atoms. The molecule has 3 heterocycles. The Bertz CT molecular complexity index is 751. The van der Waals surface area contributed by atoms with Gasteiger partial charge in [-0.1, -0.05) is 12.1 Å². The van der Waals surface area contributed by atoms with Gasteiger partial charge in [-0.05, 0) is 43.9 Å². The number of nitrogens with zero attached hydrogens (tertiary/aromatic N) is 3. The van der Waals surface area contributed by atoms with Gasteiger partial charge in [-0.15, -0.1) is 0 Å². The number of rotatable bonds is 5. The Morgan fingerprint density at radius 1 is 1.15 bits per heavy atom. The fourth-order valence-corrected chi connectivity index (χ4v) is 3.48. The molecule has 1 N–H and O–H groups in total. The van der Waals surface area contributed by atoms with Crippen molar-refractivity contribution >= 4 is 11.9 Å². The van der Waals surface area contributed by atoms with E-state index >= 15 is 0 Å². The highest BCUT2D eigenvalue weighted by atomic mass is 16.5. The van der Waals surface area contributed by atoms with Gasteiger partial charge in [0.1, 0.15) is 0 Å². The second kappa shape index (κ2) is 7.83. The highest BCUT2D eigenvalue weighted by molar-refractivity contribution is 5.94. The van der Waals surface area contributed by atoms with Crippen LogP contribution in [-0.4, -0.2) is 48.2 Å². The number of carbonyl (C=O) groups excluding carboxylic acids is 1. The van der Waals surface area contributed by atoms with Crippen molar-refractivity contribution in [1.82, 2.24) is 15.3 Å². The van der Waals surface area contributed by atoms with Gasteiger partial charge in [0, 0.05) is 43.6 Å². The summed E-state index contributed by atoms with van der Waals surface area (Å²) in [6.45, 7) is 3.42. The summed E-state index contributed by atoms with van der Waals surface area (Å²) in [5.41, 5.74) is 2.53. The maximum Gasteiger partial charge on any atom is 0.251 e. The lowest BCUT2D eigenvalue weighted by Gasteiger charge is -2.15. The number of nitrogens with one attached hydrogen (secondary N) is 1. The number of aromatic nitrogens is 2. The fraction of sp³-hybridized carbons (Fsp3) is 0.450. The number of hydrogen-bond donors (Lipinski definition) is 1. The van der Waals surface area contributed by atoms with Gasteiger partial charge in [0.05, 0.1) is 11.8 Å². The standard InChI is InChI=1S/C20H24N4O2/c25-19(22-14-17-4-3-13-26-17)16-7-5-15(6-8-16)18-9-10-21-20(23-18)24-11-1-2-12-24/h5-10,17H,1-4,11-14H2,(H,22,25). The van der Waals surface area contributed by atoms with Gasteiger partial charge >= 0.3 is 0 Å². The monoisotopic (exact) mass is 352 g/mol. The van der Waals surface area contributed by atoms with Gasteiger partial charge in [-0.3, -0.25) is 4.79 Å². The fourth-order valence-electron chi connectivity index (χ4n) is 3.48. The van der Waals surface area contributed by atoms with Crippen LogP contribution in [0.5, 0.6) is 0 Å². The second-order valence-electron chi connectivity index (χ2n) is 6.86. The topological polar surface area (TPSA) is 67.3 Å². The van der Waals surface area contributed by atoms with E-state index in [0.29, 0.717) is 12.1 Å². The molecule has 0 saturated carbocycles. The normalized spacial score (nSPS) is 19.7. The molecule has 6 nitrogen and oxygen atoms in total. The molecule has 2 aromatic rings. The molecule has 0 radical (unpaired) electrons. The highest BCUT2D eigenvalue weighted by Crippen LogP contribution is 2.21. The smallest absolute Gasteiger partial charge is 0.251 e. The Hall–Kier alpha value is -2.47. The van der Waals surface area contributed by atoms with Crippen LogP contribution in [-0.2, 0) is 4.74 Å². The summed E-state index contributed by atoms with van der Waals surface area (Å²) in [7, 11) is 0. The van der Waals surface area contributed by atoms with E-state index in [1.165, 1.54) is 12.8 Å². The van der Waals surface area contributed by atoms with Crippen molar-refractivity contribution in [2.45, 2.75) is 31.8 Å². The van der Waals surface area contributed by atoms with Crippen LogP contribution in [0.1, 0.15) is 36.0 Å². The molecule has 2 fully saturated rings. The van der Waals surface area contributed by atoms with Gasteiger partial charge in [-0.2, -0.15) is 0 Å². The summed E-state index contributed by atoms with van der Waals surface area (Å²) in [4.78, 5) is 23.6. The lowest BCUT2D eigenvalue weighted by molar-refractivity contribution is 0.0858. The molecule has 1 aromatic heterocycles. The zero-order chi connectivity index (χ0) is 17.8. The molecule has 1 aromatic carbocycles. The van der Waals surface area contributed by atoms with Crippen LogP contribution in [0.25, 0.3) is 11.3 Å². The molecule has 0 bridgehead atoms. The Morgan fingerprint density at radius 3 is 2.69 bits per heavy atom. The molecule has 6 heteroatoms. The predicted molar refractivity (Wildman–Crippen MR) is 100 cm³/mol. The van der Waals surface area contributed by atoms with Crippen LogP contribution < -0.4 is 10.2 Å². The minimum atomic E-state index is -0.0625. The summed E-state index contributed by atoms with van der Waals surface area (Å²) in [5.74, 6) is 0.728. The third-order valence-corrected chi connectivity index (χ3v) is 4.99. The van der Waals surface area contributed by atoms with Crippen molar-refractivity contribution in [1.29, 1.82) is 0 Å². The van der Waals surface area contributed by atoms with Crippen LogP contribution in [0.15, 0.2) is 36.5 Å². The Labute approximate surface area is 153 Å². The summed E-state index contributed by atoms with van der Waals surface area (Å²) in [6.07, 6.45) is 6.45. The maximum atomic E-state index is 12.3. The Kier molecular flexibility index (Phi) is 5.11. The van der Waals surface area contributed by atoms with Crippen molar-refractivity contribution in [2.24, 2.45) is 0 Å². The van der Waals surface area contributed by atoms with Crippen molar-refractivity contribution < 1.29 is 9.53 Å². The number of anilines is 1. The molecule has 1 atom stereocenters. The zero-order valence-electron chi connectivity index (χ0n) is 14.9. The summed E-state index contributed by atoms with van der Waals surface area (Å²) >= 11 is 0. The van der Waals surface area contributed by atoms with Gasteiger partial charge in [-0.25, -0.2) is 9.97 Å². The van der Waals surface area contributed by atoms with E-state index in [0.717, 1.165) is 49.7 Å². The minimum absolute atomic E-state index is 0.0625. The van der Waals surface area contributed by atoms with Gasteiger partial charge in [0.25, 0.3) is 5.91 Å². The van der Waals surface area contributed by atoms with Crippen LogP contribution in [0.2, 0.25) is 0 Å². The van der Waals surface area contributed by atoms with Gasteiger partial charge in [0.15, 0.2) is 0 Å². The first kappa shape index (κ1) is 17.0. The molecule has 2 saturated heterocycles. The third-order valence-electron chi connectivity index (χ3n) is 4.99. The Morgan fingerprint density at radius 2 is 1.96 bits per heavy atom. The highest BCUT2D eigenvalue weighted by Gasteiger charge is 2.17. The number of benzene rings is 1. The molecule has 136 valence electrons. The first-order valence-corrected chi connectivity index (χ1v) is 9.38. The number of amides is 1. The molecule has 26 heavy (non-hydrogen) atoms. The zero-order valence-corrected chi connectivity index (χ0v) is 14.9. The first-order valence-electron chi connectivity index (χ1n) is 9.38. The molecule has 4 rings (SSSR count). The van der Waals surface area contributed by atoms with Crippen LogP contribution in [0.4, 0.5) is 5.95 Å². The molecule has 1 unspecified atom stereocenters. The van der Waals surface area contributed by atoms with E-state index in [1.807, 2.05) is 30.3 Å². The van der Waals surface area contributed by atoms with Crippen LogP contribution >= 0.6 is 0 Å². The molecular formula is C20H24N4O2. The van der Waals surface area contributed by atoms with Crippen LogP contribution in [0, 0.1) is 0 Å². The second-order valence-corrected chi connectivity index (χ2v) is 6.86. The lowest BCUT2D eigenvalue weighted by atomic mass is 10.1. The van der Waals surface area contributed by atoms with Crippen molar-refractivity contribution in [3.05, 3.63) is 42.1 Å². The SMILES string of the molecule is O=C(NCC1CCCO1)c1ccc(-c2ccnc(N3CCCC3)n2)cc1. The quantitative estimate of drug-likeness (QED) is 0.896. The van der Waals surface area contributed by atoms with Crippen molar-refractivity contribution in [3.8, 4) is 11.3 Å². The van der Waals surface area contributed by atoms with E-state index in [2.05, 4.69) is 20.2 Å². The minimum Gasteiger partial charge on any atom is -0.376 e. The average Bonchev–Trinajstić information content (AvgIpc) is 3.40. The number of ether oxygens (including phenoxy) is 1. The van der Waals surface area contributed by atoms with Crippen molar-refractivity contribution in [2.75, 3.05) is 31.1 Å². The van der Waals surface area contributed by atoms with E-state index in [-0.39, 0.29) is 12.0 Å². The maximum absolute atomic E-state index is 12.3. The lowest BCUT2D eigenvalue weighted by Crippen LogP contribution is -2.31. The van der Waals surface area contributed by atoms with E-state index in [9.17, 15) is 4.79 Å². The molecular weight excluding hydrogens is 328 g/mol. The molecule has 2 aliphatic rings. The number of hydrogen-bond acceptors (Lipinski definition) is 5. The average molecular weight is 352 g/mol. The molecule has 0 aliphatic carbocycles. The summed E-state index contributed by atoms with van der Waals surface area (Å²) in [5, 5.41) is 2.95. The van der Waals surface area contributed by atoms with E-state index < -0.39 is 0 Å². The van der Waals surface area contributed by atoms with Crippen molar-refractivity contribution in [3.63, 3.8) is 0 Å². The molecule has 2 aliphatic heterocycles. The summed E-state index contributed by atoms with van der Waals surface area (Å²) in [6, 6.07) is 9.48. The first-order chi connectivity index (χ1) is 12.8. The Balaban J connectivity index is 1.42. The third kappa shape index (κ3) is 3.85. The van der Waals surface area contributed by atoms with Crippen LogP contribution in [0.3, 0.4) is 0 Å². The number of carbonyl (C=O) groups is 1. The summed E-state index contributed by atoms with van der Waals surface area (Å²) < 4.78 is 5.54. The predicted octanol–water partition coefficient (Wildman–Crippen LogP) is 2.65.